The van der Waals surface area contributed by atoms with Gasteiger partial charge < -0.3 is 4.90 Å². The van der Waals surface area contributed by atoms with Gasteiger partial charge in [0, 0.05) is 27.9 Å². The monoisotopic (exact) mass is 334 g/mol. The number of carbonyl (C=O) groups excluding carboxylic acids is 1. The van der Waals surface area contributed by atoms with E-state index in [1.54, 1.807) is 28.9 Å². The lowest BCUT2D eigenvalue weighted by Gasteiger charge is -2.28. The SMILES string of the molecule is O=C(c1ncccc1Br)N1CCSc2ccccc21. The zero-order chi connectivity index (χ0) is 13.2. The molecule has 3 rings (SSSR count). The molecule has 19 heavy (non-hydrogen) atoms. The summed E-state index contributed by atoms with van der Waals surface area (Å²) in [5, 5.41) is 0. The summed E-state index contributed by atoms with van der Waals surface area (Å²) in [6.45, 7) is 0.712. The van der Waals surface area contributed by atoms with Crippen molar-refractivity contribution in [3.05, 3.63) is 52.8 Å². The molecule has 0 bridgehead atoms. The number of halogens is 1. The van der Waals surface area contributed by atoms with E-state index >= 15 is 0 Å². The van der Waals surface area contributed by atoms with Crippen LogP contribution < -0.4 is 4.90 Å². The van der Waals surface area contributed by atoms with Crippen molar-refractivity contribution >= 4 is 39.3 Å². The number of carbonyl (C=O) groups is 1. The van der Waals surface area contributed by atoms with Crippen molar-refractivity contribution in [3.63, 3.8) is 0 Å². The van der Waals surface area contributed by atoms with E-state index in [9.17, 15) is 4.79 Å². The van der Waals surface area contributed by atoms with Crippen LogP contribution in [-0.4, -0.2) is 23.2 Å². The molecule has 0 saturated carbocycles. The van der Waals surface area contributed by atoms with Crippen molar-refractivity contribution in [1.82, 2.24) is 4.98 Å². The molecular formula is C14H11BrN2OS. The van der Waals surface area contributed by atoms with E-state index in [-0.39, 0.29) is 5.91 Å². The highest BCUT2D eigenvalue weighted by molar-refractivity contribution is 9.10. The molecule has 1 aliphatic rings. The Bertz CT molecular complexity index is 632. The van der Waals surface area contributed by atoms with E-state index in [0.717, 1.165) is 20.8 Å². The van der Waals surface area contributed by atoms with E-state index in [1.807, 2.05) is 30.3 Å². The Balaban J connectivity index is 2.00. The summed E-state index contributed by atoms with van der Waals surface area (Å²) in [5.74, 6) is 0.855. The van der Waals surface area contributed by atoms with Crippen LogP contribution in [0.2, 0.25) is 0 Å². The van der Waals surface area contributed by atoms with Gasteiger partial charge in [-0.2, -0.15) is 0 Å². The highest BCUT2D eigenvalue weighted by atomic mass is 79.9. The van der Waals surface area contributed by atoms with Gasteiger partial charge in [-0.15, -0.1) is 11.8 Å². The molecule has 1 aliphatic heterocycles. The highest BCUT2D eigenvalue weighted by Gasteiger charge is 2.25. The lowest BCUT2D eigenvalue weighted by Crippen LogP contribution is -2.36. The Kier molecular flexibility index (Phi) is 3.57. The molecule has 0 radical (unpaired) electrons. The third-order valence-corrected chi connectivity index (χ3v) is 4.62. The van der Waals surface area contributed by atoms with Crippen molar-refractivity contribution in [2.24, 2.45) is 0 Å². The van der Waals surface area contributed by atoms with Crippen molar-refractivity contribution in [1.29, 1.82) is 0 Å². The van der Waals surface area contributed by atoms with Crippen LogP contribution in [0.5, 0.6) is 0 Å². The predicted molar refractivity (Wildman–Crippen MR) is 80.8 cm³/mol. The standard InChI is InChI=1S/C14H11BrN2OS/c15-10-4-3-7-16-13(10)14(18)17-8-9-19-12-6-2-1-5-11(12)17/h1-7H,8-9H2. The summed E-state index contributed by atoms with van der Waals surface area (Å²) in [4.78, 5) is 19.7. The first-order chi connectivity index (χ1) is 9.27. The number of pyridine rings is 1. The van der Waals surface area contributed by atoms with Gasteiger partial charge in [-0.25, -0.2) is 4.98 Å². The largest absolute Gasteiger partial charge is 0.305 e. The van der Waals surface area contributed by atoms with Crippen LogP contribution in [0.25, 0.3) is 0 Å². The fourth-order valence-electron chi connectivity index (χ4n) is 2.05. The number of thioether (sulfide) groups is 1. The lowest BCUT2D eigenvalue weighted by atomic mass is 10.2. The van der Waals surface area contributed by atoms with Gasteiger partial charge in [-0.05, 0) is 40.2 Å². The first-order valence-corrected chi connectivity index (χ1v) is 7.69. The molecule has 0 atom stereocenters. The summed E-state index contributed by atoms with van der Waals surface area (Å²) < 4.78 is 0.732. The maximum atomic E-state index is 12.6. The van der Waals surface area contributed by atoms with E-state index in [1.165, 1.54) is 0 Å². The Hall–Kier alpha value is -1.33. The quantitative estimate of drug-likeness (QED) is 0.798. The van der Waals surface area contributed by atoms with E-state index in [2.05, 4.69) is 20.9 Å². The highest BCUT2D eigenvalue weighted by Crippen LogP contribution is 2.35. The molecule has 5 heteroatoms. The van der Waals surface area contributed by atoms with Crippen LogP contribution >= 0.6 is 27.7 Å². The van der Waals surface area contributed by atoms with Gasteiger partial charge in [0.15, 0.2) is 0 Å². The van der Waals surface area contributed by atoms with Crippen LogP contribution in [0.1, 0.15) is 10.5 Å². The molecule has 3 nitrogen and oxygen atoms in total. The molecular weight excluding hydrogens is 324 g/mol. The minimum absolute atomic E-state index is 0.0553. The van der Waals surface area contributed by atoms with Crippen molar-refractivity contribution < 1.29 is 4.79 Å². The van der Waals surface area contributed by atoms with Gasteiger partial charge in [-0.1, -0.05) is 12.1 Å². The molecule has 0 unspecified atom stereocenters. The number of rotatable bonds is 1. The second kappa shape index (κ2) is 5.35. The molecule has 1 aromatic carbocycles. The second-order valence-electron chi connectivity index (χ2n) is 4.11. The van der Waals surface area contributed by atoms with Crippen molar-refractivity contribution in [2.75, 3.05) is 17.2 Å². The Morgan fingerprint density at radius 2 is 2.11 bits per heavy atom. The maximum absolute atomic E-state index is 12.6. The molecule has 0 saturated heterocycles. The summed E-state index contributed by atoms with van der Waals surface area (Å²) >= 11 is 5.17. The molecule has 96 valence electrons. The number of benzene rings is 1. The smallest absolute Gasteiger partial charge is 0.278 e. The molecule has 1 aromatic heterocycles. The van der Waals surface area contributed by atoms with Crippen molar-refractivity contribution in [3.8, 4) is 0 Å². The number of aromatic nitrogens is 1. The zero-order valence-electron chi connectivity index (χ0n) is 10.0. The molecule has 0 aliphatic carbocycles. The molecule has 2 heterocycles. The number of hydrogen-bond donors (Lipinski definition) is 0. The summed E-state index contributed by atoms with van der Waals surface area (Å²) in [6, 6.07) is 11.6. The van der Waals surface area contributed by atoms with Gasteiger partial charge in [0.05, 0.1) is 5.69 Å². The van der Waals surface area contributed by atoms with Crippen LogP contribution in [0.4, 0.5) is 5.69 Å². The Morgan fingerprint density at radius 3 is 2.95 bits per heavy atom. The van der Waals surface area contributed by atoms with Crippen LogP contribution in [-0.2, 0) is 0 Å². The van der Waals surface area contributed by atoms with Gasteiger partial charge in [0.25, 0.3) is 5.91 Å². The number of fused-ring (bicyclic) bond motifs is 1. The minimum Gasteiger partial charge on any atom is -0.305 e. The molecule has 2 aromatic rings. The summed E-state index contributed by atoms with van der Waals surface area (Å²) in [6.07, 6.45) is 1.64. The van der Waals surface area contributed by atoms with Gasteiger partial charge in [-0.3, -0.25) is 4.79 Å². The number of anilines is 1. The van der Waals surface area contributed by atoms with Gasteiger partial charge in [0.2, 0.25) is 0 Å². The van der Waals surface area contributed by atoms with Gasteiger partial charge in [0.1, 0.15) is 5.69 Å². The fourth-order valence-corrected chi connectivity index (χ4v) is 3.47. The first-order valence-electron chi connectivity index (χ1n) is 5.91. The number of nitrogens with zero attached hydrogens (tertiary/aromatic N) is 2. The topological polar surface area (TPSA) is 33.2 Å². The summed E-state index contributed by atoms with van der Waals surface area (Å²) in [7, 11) is 0. The maximum Gasteiger partial charge on any atom is 0.278 e. The average Bonchev–Trinajstić information content (AvgIpc) is 2.46. The normalized spacial score (nSPS) is 14.1. The minimum atomic E-state index is -0.0553. The fraction of sp³-hybridized carbons (Fsp3) is 0.143. The third kappa shape index (κ3) is 2.40. The van der Waals surface area contributed by atoms with Gasteiger partial charge >= 0.3 is 0 Å². The van der Waals surface area contributed by atoms with E-state index < -0.39 is 0 Å². The molecule has 0 N–H and O–H groups in total. The predicted octanol–water partition coefficient (Wildman–Crippen LogP) is 3.60. The molecule has 0 fully saturated rings. The van der Waals surface area contributed by atoms with Crippen molar-refractivity contribution in [2.45, 2.75) is 4.90 Å². The van der Waals surface area contributed by atoms with Crippen LogP contribution in [0.3, 0.4) is 0 Å². The Labute approximate surface area is 124 Å². The van der Waals surface area contributed by atoms with Crippen LogP contribution in [0.15, 0.2) is 52.0 Å². The molecule has 1 amide bonds. The second-order valence-corrected chi connectivity index (χ2v) is 6.10. The van der Waals surface area contributed by atoms with Crippen LogP contribution in [0, 0.1) is 0 Å². The number of hydrogen-bond acceptors (Lipinski definition) is 3. The summed E-state index contributed by atoms with van der Waals surface area (Å²) in [5.41, 5.74) is 1.44. The van der Waals surface area contributed by atoms with E-state index in [0.29, 0.717) is 12.2 Å². The van der Waals surface area contributed by atoms with E-state index in [4.69, 9.17) is 0 Å². The Morgan fingerprint density at radius 1 is 1.26 bits per heavy atom. The zero-order valence-corrected chi connectivity index (χ0v) is 12.4. The number of amides is 1. The molecule has 0 spiro atoms. The first kappa shape index (κ1) is 12.7. The lowest BCUT2D eigenvalue weighted by molar-refractivity contribution is 0.0982. The number of para-hydroxylation sites is 1. The third-order valence-electron chi connectivity index (χ3n) is 2.93. The average molecular weight is 335 g/mol.